The summed E-state index contributed by atoms with van der Waals surface area (Å²) in [5.74, 6) is 0.919. The molecule has 0 bridgehead atoms. The van der Waals surface area contributed by atoms with Gasteiger partial charge in [-0.1, -0.05) is 26.0 Å². The molecule has 1 N–H and O–H groups in total. The van der Waals surface area contributed by atoms with Crippen molar-refractivity contribution in [1.82, 2.24) is 4.90 Å². The maximum atomic E-state index is 12.0. The van der Waals surface area contributed by atoms with E-state index in [9.17, 15) is 4.79 Å². The number of benzene rings is 2. The maximum absolute atomic E-state index is 12.0. The highest BCUT2D eigenvalue weighted by atomic mass is 32.1. The van der Waals surface area contributed by atoms with E-state index in [2.05, 4.69) is 64.7 Å². The third-order valence-corrected chi connectivity index (χ3v) is 8.02. The highest BCUT2D eigenvalue weighted by molar-refractivity contribution is 7.17. The normalized spacial score (nSPS) is 18.4. The van der Waals surface area contributed by atoms with E-state index in [0.717, 1.165) is 57.0 Å². The zero-order chi connectivity index (χ0) is 23.5. The first kappa shape index (κ1) is 23.2. The Morgan fingerprint density at radius 1 is 1.06 bits per heavy atom. The van der Waals surface area contributed by atoms with Gasteiger partial charge in [0, 0.05) is 59.0 Å². The van der Waals surface area contributed by atoms with Gasteiger partial charge in [0.2, 0.25) is 5.91 Å². The van der Waals surface area contributed by atoms with Gasteiger partial charge in [-0.3, -0.25) is 4.79 Å². The summed E-state index contributed by atoms with van der Waals surface area (Å²) in [7, 11) is 0. The van der Waals surface area contributed by atoms with Gasteiger partial charge in [0.15, 0.2) is 0 Å². The van der Waals surface area contributed by atoms with Crippen molar-refractivity contribution in [3.05, 3.63) is 53.4 Å². The maximum Gasteiger partial charge on any atom is 0.225 e. The highest BCUT2D eigenvalue weighted by Gasteiger charge is 2.31. The number of unbranched alkanes of at least 4 members (excludes halogenated alkanes) is 1. The quantitative estimate of drug-likeness (QED) is 0.431. The lowest BCUT2D eigenvalue weighted by Gasteiger charge is -2.32. The summed E-state index contributed by atoms with van der Waals surface area (Å²) in [6.07, 6.45) is 3.89. The summed E-state index contributed by atoms with van der Waals surface area (Å²) in [4.78, 5) is 17.2. The van der Waals surface area contributed by atoms with Crippen LogP contribution in [0.2, 0.25) is 0 Å². The molecule has 3 heterocycles. The van der Waals surface area contributed by atoms with Crippen LogP contribution < -0.4 is 15.0 Å². The topological polar surface area (TPSA) is 44.8 Å². The van der Waals surface area contributed by atoms with E-state index in [1.165, 1.54) is 27.8 Å². The molecule has 0 spiro atoms. The van der Waals surface area contributed by atoms with E-state index in [1.54, 1.807) is 0 Å². The fourth-order valence-electron chi connectivity index (χ4n) is 5.31. The lowest BCUT2D eigenvalue weighted by atomic mass is 9.78. The van der Waals surface area contributed by atoms with Crippen LogP contribution >= 0.6 is 11.3 Å². The summed E-state index contributed by atoms with van der Waals surface area (Å²) < 4.78 is 7.40. The molecular formula is C28H35N3O2S. The highest BCUT2D eigenvalue weighted by Crippen LogP contribution is 2.38. The van der Waals surface area contributed by atoms with Crippen molar-refractivity contribution in [2.24, 2.45) is 0 Å². The van der Waals surface area contributed by atoms with Gasteiger partial charge in [0.25, 0.3) is 0 Å². The van der Waals surface area contributed by atoms with E-state index in [1.807, 2.05) is 23.5 Å². The molecule has 6 heteroatoms. The molecule has 2 aromatic carbocycles. The van der Waals surface area contributed by atoms with E-state index < -0.39 is 0 Å². The van der Waals surface area contributed by atoms with Crippen LogP contribution in [0.25, 0.3) is 10.1 Å². The van der Waals surface area contributed by atoms with Crippen molar-refractivity contribution in [1.29, 1.82) is 0 Å². The number of carbonyl (C=O) groups is 1. The zero-order valence-corrected chi connectivity index (χ0v) is 21.1. The van der Waals surface area contributed by atoms with Gasteiger partial charge in [0.1, 0.15) is 5.75 Å². The van der Waals surface area contributed by atoms with E-state index >= 15 is 0 Å². The molecular weight excluding hydrogens is 442 g/mol. The van der Waals surface area contributed by atoms with Crippen molar-refractivity contribution in [2.45, 2.75) is 44.9 Å². The SMILES string of the molecule is CC1(C)CC(=O)Nc2cc(OCCCCN3CCCN(c4cccc5sccc45)CC3)ccc21. The van der Waals surface area contributed by atoms with Crippen LogP contribution in [0.4, 0.5) is 11.4 Å². The molecule has 0 atom stereocenters. The summed E-state index contributed by atoms with van der Waals surface area (Å²) >= 11 is 1.82. The molecule has 1 fully saturated rings. The Bertz CT molecular complexity index is 1160. The molecule has 5 nitrogen and oxygen atoms in total. The van der Waals surface area contributed by atoms with Crippen molar-refractivity contribution in [3.63, 3.8) is 0 Å². The third kappa shape index (κ3) is 5.08. The molecule has 1 aromatic heterocycles. The fraction of sp³-hybridized carbons (Fsp3) is 0.464. The van der Waals surface area contributed by atoms with Crippen LogP contribution in [-0.4, -0.2) is 50.1 Å². The Kier molecular flexibility index (Phi) is 6.79. The average Bonchev–Trinajstić information content (AvgIpc) is 3.17. The first-order valence-electron chi connectivity index (χ1n) is 12.5. The number of amides is 1. The van der Waals surface area contributed by atoms with Gasteiger partial charge in [-0.05, 0) is 67.6 Å². The number of anilines is 2. The Balaban J connectivity index is 1.07. The molecule has 2 aliphatic rings. The number of fused-ring (bicyclic) bond motifs is 2. The molecule has 0 unspecified atom stereocenters. The number of hydrogen-bond acceptors (Lipinski definition) is 5. The Hall–Kier alpha value is -2.57. The minimum atomic E-state index is -0.130. The number of ether oxygens (including phenoxy) is 1. The van der Waals surface area contributed by atoms with Gasteiger partial charge < -0.3 is 19.9 Å². The second-order valence-corrected chi connectivity index (χ2v) is 11.1. The largest absolute Gasteiger partial charge is 0.494 e. The molecule has 0 aliphatic carbocycles. The summed E-state index contributed by atoms with van der Waals surface area (Å²) in [5.41, 5.74) is 3.34. The molecule has 1 saturated heterocycles. The number of rotatable bonds is 7. The number of thiophene rings is 1. The van der Waals surface area contributed by atoms with Gasteiger partial charge in [-0.15, -0.1) is 11.3 Å². The first-order chi connectivity index (χ1) is 16.5. The number of carbonyl (C=O) groups excluding carboxylic acids is 1. The van der Waals surface area contributed by atoms with E-state index in [4.69, 9.17) is 4.74 Å². The first-order valence-corrected chi connectivity index (χ1v) is 13.4. The van der Waals surface area contributed by atoms with Crippen LogP contribution in [0.1, 0.15) is 45.1 Å². The molecule has 0 radical (unpaired) electrons. The summed E-state index contributed by atoms with van der Waals surface area (Å²) in [6.45, 7) is 10.6. The summed E-state index contributed by atoms with van der Waals surface area (Å²) in [5, 5.41) is 6.59. The predicted molar refractivity (Wildman–Crippen MR) is 143 cm³/mol. The van der Waals surface area contributed by atoms with Crippen molar-refractivity contribution in [2.75, 3.05) is 49.5 Å². The van der Waals surface area contributed by atoms with E-state index in [0.29, 0.717) is 13.0 Å². The molecule has 34 heavy (non-hydrogen) atoms. The monoisotopic (exact) mass is 477 g/mol. The Morgan fingerprint density at radius 2 is 1.97 bits per heavy atom. The van der Waals surface area contributed by atoms with Crippen LogP contribution in [0, 0.1) is 0 Å². The minimum Gasteiger partial charge on any atom is -0.494 e. The van der Waals surface area contributed by atoms with Gasteiger partial charge in [0.05, 0.1) is 6.61 Å². The molecule has 1 amide bonds. The molecule has 5 rings (SSSR count). The molecule has 0 saturated carbocycles. The number of nitrogens with zero attached hydrogens (tertiary/aromatic N) is 2. The predicted octanol–water partition coefficient (Wildman–Crippen LogP) is 5.89. The van der Waals surface area contributed by atoms with Gasteiger partial charge in [-0.25, -0.2) is 0 Å². The average molecular weight is 478 g/mol. The Labute approximate surface area is 206 Å². The van der Waals surface area contributed by atoms with Crippen LogP contribution in [0.15, 0.2) is 47.8 Å². The van der Waals surface area contributed by atoms with Crippen molar-refractivity contribution < 1.29 is 9.53 Å². The van der Waals surface area contributed by atoms with Crippen LogP contribution in [0.5, 0.6) is 5.75 Å². The van der Waals surface area contributed by atoms with Crippen molar-refractivity contribution >= 4 is 38.7 Å². The molecule has 3 aromatic rings. The fourth-order valence-corrected chi connectivity index (χ4v) is 6.12. The summed E-state index contributed by atoms with van der Waals surface area (Å²) in [6, 6.07) is 15.1. The molecule has 180 valence electrons. The lowest BCUT2D eigenvalue weighted by Crippen LogP contribution is -2.32. The van der Waals surface area contributed by atoms with Gasteiger partial charge in [-0.2, -0.15) is 0 Å². The minimum absolute atomic E-state index is 0.0812. The lowest BCUT2D eigenvalue weighted by molar-refractivity contribution is -0.117. The zero-order valence-electron chi connectivity index (χ0n) is 20.3. The smallest absolute Gasteiger partial charge is 0.225 e. The standard InChI is InChI=1S/C28H35N3O2S/c1-28(2)20-27(32)29-24-19-21(9-10-23(24)28)33-17-4-3-12-30-13-6-14-31(16-15-30)25-7-5-8-26-22(25)11-18-34-26/h5,7-11,18-19H,3-4,6,12-17,20H2,1-2H3,(H,29,32). The van der Waals surface area contributed by atoms with Crippen molar-refractivity contribution in [3.8, 4) is 5.75 Å². The van der Waals surface area contributed by atoms with E-state index in [-0.39, 0.29) is 11.3 Å². The third-order valence-electron chi connectivity index (χ3n) is 7.14. The van der Waals surface area contributed by atoms with Gasteiger partial charge >= 0.3 is 0 Å². The van der Waals surface area contributed by atoms with Crippen LogP contribution in [0.3, 0.4) is 0 Å². The number of nitrogens with one attached hydrogen (secondary N) is 1. The Morgan fingerprint density at radius 3 is 2.88 bits per heavy atom. The van der Waals surface area contributed by atoms with Crippen LogP contribution in [-0.2, 0) is 10.2 Å². The second-order valence-electron chi connectivity index (χ2n) is 10.2. The molecule has 2 aliphatic heterocycles. The number of hydrogen-bond donors (Lipinski definition) is 1. The second kappa shape index (κ2) is 9.96.